The molecule has 1 rings (SSSR count). The van der Waals surface area contributed by atoms with Gasteiger partial charge in [-0.05, 0) is 12.8 Å². The van der Waals surface area contributed by atoms with Gasteiger partial charge in [0.1, 0.15) is 12.6 Å². The molecule has 1 aliphatic carbocycles. The SMILES string of the molecule is CC1(C=O)CCCC1C=O. The molecule has 0 bridgehead atoms. The quantitative estimate of drug-likeness (QED) is 0.540. The lowest BCUT2D eigenvalue weighted by molar-refractivity contribution is -0.123. The molecular weight excluding hydrogens is 128 g/mol. The molecular formula is C8H12O2. The fourth-order valence-electron chi connectivity index (χ4n) is 1.59. The van der Waals surface area contributed by atoms with E-state index in [0.29, 0.717) is 0 Å². The Kier molecular flexibility index (Phi) is 1.88. The fourth-order valence-corrected chi connectivity index (χ4v) is 1.59. The second-order valence-corrected chi connectivity index (χ2v) is 3.26. The summed E-state index contributed by atoms with van der Waals surface area (Å²) in [6.07, 6.45) is 4.62. The third-order valence-corrected chi connectivity index (χ3v) is 2.51. The van der Waals surface area contributed by atoms with E-state index in [1.165, 1.54) is 0 Å². The number of aldehydes is 2. The number of carbonyl (C=O) groups is 2. The van der Waals surface area contributed by atoms with Crippen LogP contribution in [0.2, 0.25) is 0 Å². The Morgan fingerprint density at radius 3 is 2.60 bits per heavy atom. The van der Waals surface area contributed by atoms with Crippen molar-refractivity contribution in [2.24, 2.45) is 11.3 Å². The number of rotatable bonds is 2. The predicted molar refractivity (Wildman–Crippen MR) is 37.6 cm³/mol. The van der Waals surface area contributed by atoms with E-state index in [9.17, 15) is 9.59 Å². The van der Waals surface area contributed by atoms with Crippen molar-refractivity contribution in [2.45, 2.75) is 26.2 Å². The van der Waals surface area contributed by atoms with Crippen molar-refractivity contribution in [2.75, 3.05) is 0 Å². The van der Waals surface area contributed by atoms with Crippen LogP contribution in [0.15, 0.2) is 0 Å². The summed E-state index contributed by atoms with van der Waals surface area (Å²) < 4.78 is 0. The maximum absolute atomic E-state index is 10.5. The number of carbonyl (C=O) groups excluding carboxylic acids is 2. The van der Waals surface area contributed by atoms with Crippen LogP contribution in [-0.2, 0) is 9.59 Å². The minimum Gasteiger partial charge on any atom is -0.303 e. The standard InChI is InChI=1S/C8H12O2/c1-8(6-10)4-2-3-7(8)5-9/h5-7H,2-4H2,1H3. The van der Waals surface area contributed by atoms with Crippen LogP contribution in [0.3, 0.4) is 0 Å². The van der Waals surface area contributed by atoms with Crippen LogP contribution < -0.4 is 0 Å². The summed E-state index contributed by atoms with van der Waals surface area (Å²) in [4.78, 5) is 21.0. The first kappa shape index (κ1) is 7.45. The third kappa shape index (κ3) is 0.981. The Hall–Kier alpha value is -0.660. The molecule has 0 radical (unpaired) electrons. The molecule has 0 aromatic heterocycles. The molecule has 1 aliphatic rings. The van der Waals surface area contributed by atoms with Crippen molar-refractivity contribution in [3.63, 3.8) is 0 Å². The third-order valence-electron chi connectivity index (χ3n) is 2.51. The van der Waals surface area contributed by atoms with Crippen molar-refractivity contribution < 1.29 is 9.59 Å². The summed E-state index contributed by atoms with van der Waals surface area (Å²) in [6, 6.07) is 0. The number of hydrogen-bond donors (Lipinski definition) is 0. The minimum atomic E-state index is -0.345. The van der Waals surface area contributed by atoms with Gasteiger partial charge < -0.3 is 9.59 Å². The zero-order valence-electron chi connectivity index (χ0n) is 6.17. The second-order valence-electron chi connectivity index (χ2n) is 3.26. The summed E-state index contributed by atoms with van der Waals surface area (Å²) in [5, 5.41) is 0. The van der Waals surface area contributed by atoms with Crippen LogP contribution in [0.4, 0.5) is 0 Å². The number of hydrogen-bond acceptors (Lipinski definition) is 2. The molecule has 0 aromatic carbocycles. The Bertz CT molecular complexity index is 153. The average Bonchev–Trinajstić information content (AvgIpc) is 2.32. The largest absolute Gasteiger partial charge is 0.303 e. The predicted octanol–water partition coefficient (Wildman–Crippen LogP) is 1.19. The van der Waals surface area contributed by atoms with Crippen LogP contribution in [0, 0.1) is 11.3 Å². The van der Waals surface area contributed by atoms with E-state index in [0.717, 1.165) is 31.8 Å². The van der Waals surface area contributed by atoms with Gasteiger partial charge in [0.05, 0.1) is 0 Å². The van der Waals surface area contributed by atoms with Crippen molar-refractivity contribution in [1.82, 2.24) is 0 Å². The normalized spacial score (nSPS) is 39.5. The van der Waals surface area contributed by atoms with E-state index in [1.54, 1.807) is 0 Å². The molecule has 2 heteroatoms. The van der Waals surface area contributed by atoms with E-state index in [1.807, 2.05) is 6.92 Å². The van der Waals surface area contributed by atoms with Gasteiger partial charge in [-0.25, -0.2) is 0 Å². The van der Waals surface area contributed by atoms with Crippen LogP contribution >= 0.6 is 0 Å². The molecule has 2 nitrogen and oxygen atoms in total. The van der Waals surface area contributed by atoms with Gasteiger partial charge in [0, 0.05) is 11.3 Å². The molecule has 1 saturated carbocycles. The van der Waals surface area contributed by atoms with Gasteiger partial charge in [0.2, 0.25) is 0 Å². The molecule has 1 fully saturated rings. The van der Waals surface area contributed by atoms with Gasteiger partial charge in [0.15, 0.2) is 0 Å². The molecule has 0 spiro atoms. The van der Waals surface area contributed by atoms with E-state index < -0.39 is 0 Å². The van der Waals surface area contributed by atoms with Gasteiger partial charge in [-0.3, -0.25) is 0 Å². The summed E-state index contributed by atoms with van der Waals surface area (Å²) in [7, 11) is 0. The van der Waals surface area contributed by atoms with E-state index >= 15 is 0 Å². The van der Waals surface area contributed by atoms with Crippen molar-refractivity contribution >= 4 is 12.6 Å². The maximum Gasteiger partial charge on any atom is 0.126 e. The zero-order valence-corrected chi connectivity index (χ0v) is 6.17. The Labute approximate surface area is 60.6 Å². The van der Waals surface area contributed by atoms with Crippen LogP contribution in [-0.4, -0.2) is 12.6 Å². The first-order chi connectivity index (χ1) is 4.73. The van der Waals surface area contributed by atoms with Crippen molar-refractivity contribution in [3.8, 4) is 0 Å². The Morgan fingerprint density at radius 1 is 1.50 bits per heavy atom. The lowest BCUT2D eigenvalue weighted by Gasteiger charge is -2.19. The summed E-state index contributed by atoms with van der Waals surface area (Å²) >= 11 is 0. The molecule has 0 aromatic rings. The lowest BCUT2D eigenvalue weighted by Crippen LogP contribution is -2.24. The van der Waals surface area contributed by atoms with Gasteiger partial charge in [-0.15, -0.1) is 0 Å². The summed E-state index contributed by atoms with van der Waals surface area (Å²) in [5.74, 6) is -0.0231. The van der Waals surface area contributed by atoms with Crippen molar-refractivity contribution in [3.05, 3.63) is 0 Å². The van der Waals surface area contributed by atoms with Crippen LogP contribution in [0.25, 0.3) is 0 Å². The molecule has 0 N–H and O–H groups in total. The van der Waals surface area contributed by atoms with E-state index in [4.69, 9.17) is 0 Å². The smallest absolute Gasteiger partial charge is 0.126 e. The topological polar surface area (TPSA) is 34.1 Å². The molecule has 10 heavy (non-hydrogen) atoms. The monoisotopic (exact) mass is 140 g/mol. The Balaban J connectivity index is 2.74. The van der Waals surface area contributed by atoms with E-state index in [2.05, 4.69) is 0 Å². The summed E-state index contributed by atoms with van der Waals surface area (Å²) in [5.41, 5.74) is -0.345. The molecule has 0 aliphatic heterocycles. The highest BCUT2D eigenvalue weighted by atomic mass is 16.1. The average molecular weight is 140 g/mol. The van der Waals surface area contributed by atoms with E-state index in [-0.39, 0.29) is 11.3 Å². The van der Waals surface area contributed by atoms with Crippen LogP contribution in [0.5, 0.6) is 0 Å². The lowest BCUT2D eigenvalue weighted by atomic mass is 9.82. The first-order valence-corrected chi connectivity index (χ1v) is 3.64. The molecule has 0 amide bonds. The van der Waals surface area contributed by atoms with Crippen LogP contribution in [0.1, 0.15) is 26.2 Å². The maximum atomic E-state index is 10.5. The van der Waals surface area contributed by atoms with Gasteiger partial charge in [0.25, 0.3) is 0 Å². The zero-order chi connectivity index (χ0) is 7.61. The molecule has 2 atom stereocenters. The summed E-state index contributed by atoms with van der Waals surface area (Å²) in [6.45, 7) is 1.87. The highest BCUT2D eigenvalue weighted by Gasteiger charge is 2.38. The molecule has 0 saturated heterocycles. The fraction of sp³-hybridized carbons (Fsp3) is 0.750. The first-order valence-electron chi connectivity index (χ1n) is 3.64. The van der Waals surface area contributed by atoms with Gasteiger partial charge in [-0.2, -0.15) is 0 Å². The highest BCUT2D eigenvalue weighted by Crippen LogP contribution is 2.39. The van der Waals surface area contributed by atoms with Crippen molar-refractivity contribution in [1.29, 1.82) is 0 Å². The molecule has 2 unspecified atom stereocenters. The highest BCUT2D eigenvalue weighted by molar-refractivity contribution is 5.69. The Morgan fingerprint density at radius 2 is 2.20 bits per heavy atom. The molecule has 0 heterocycles. The minimum absolute atomic E-state index is 0.0231. The van der Waals surface area contributed by atoms with Gasteiger partial charge in [-0.1, -0.05) is 13.3 Å². The second kappa shape index (κ2) is 2.52. The molecule has 56 valence electrons. The van der Waals surface area contributed by atoms with Gasteiger partial charge >= 0.3 is 0 Å².